The maximum Gasteiger partial charge on any atom is 0.226 e. The summed E-state index contributed by atoms with van der Waals surface area (Å²) in [6.07, 6.45) is 8.79. The molecule has 0 spiro atoms. The Labute approximate surface area is 144 Å². The molecule has 1 saturated heterocycles. The Kier molecular flexibility index (Phi) is 3.82. The zero-order chi connectivity index (χ0) is 15.3. The molecule has 1 aromatic rings. The average molecular weight is 381 g/mol. The number of nitrogens with zero attached hydrogens (tertiary/aromatic N) is 1. The fraction of sp³-hybridized carbons (Fsp3) is 0.500. The van der Waals surface area contributed by atoms with Gasteiger partial charge in [-0.2, -0.15) is 0 Å². The zero-order valence-corrected chi connectivity index (χ0v) is 14.7. The first kappa shape index (κ1) is 14.8. The number of carbonyl (C=O) groups excluding carboxylic acids is 1. The molecule has 1 heterocycles. The SMILES string of the molecule is O=C1C(Cc2ccc(Br)cc2Cl)CCN1[C@H]1C[C@@H]2C=C[C@H]1C2. The number of fused-ring (bicyclic) bond motifs is 2. The fourth-order valence-corrected chi connectivity index (χ4v) is 5.10. The fourth-order valence-electron chi connectivity index (χ4n) is 4.34. The van der Waals surface area contributed by atoms with Crippen molar-refractivity contribution < 1.29 is 4.79 Å². The van der Waals surface area contributed by atoms with Crippen LogP contribution in [-0.2, 0) is 11.2 Å². The lowest BCUT2D eigenvalue weighted by Crippen LogP contribution is -2.40. The highest BCUT2D eigenvalue weighted by Crippen LogP contribution is 2.43. The molecule has 1 aliphatic heterocycles. The van der Waals surface area contributed by atoms with Gasteiger partial charge >= 0.3 is 0 Å². The van der Waals surface area contributed by atoms with E-state index in [1.807, 2.05) is 18.2 Å². The van der Waals surface area contributed by atoms with E-state index in [1.165, 1.54) is 12.8 Å². The second kappa shape index (κ2) is 5.68. The predicted octanol–water partition coefficient (Wildman–Crippen LogP) is 4.46. The van der Waals surface area contributed by atoms with Gasteiger partial charge < -0.3 is 4.90 Å². The van der Waals surface area contributed by atoms with Crippen LogP contribution in [-0.4, -0.2) is 23.4 Å². The minimum atomic E-state index is 0.0989. The Balaban J connectivity index is 1.46. The first-order valence-electron chi connectivity index (χ1n) is 8.04. The minimum absolute atomic E-state index is 0.0989. The first-order chi connectivity index (χ1) is 10.6. The highest BCUT2D eigenvalue weighted by Gasteiger charge is 2.44. The van der Waals surface area contributed by atoms with Gasteiger partial charge in [0.15, 0.2) is 0 Å². The van der Waals surface area contributed by atoms with Crippen molar-refractivity contribution in [1.29, 1.82) is 0 Å². The monoisotopic (exact) mass is 379 g/mol. The van der Waals surface area contributed by atoms with E-state index in [0.29, 0.717) is 23.8 Å². The predicted molar refractivity (Wildman–Crippen MR) is 91.8 cm³/mol. The number of allylic oxidation sites excluding steroid dienone is 1. The van der Waals surface area contributed by atoms with Crippen molar-refractivity contribution >= 4 is 33.4 Å². The smallest absolute Gasteiger partial charge is 0.226 e. The highest BCUT2D eigenvalue weighted by atomic mass is 79.9. The molecule has 4 heteroatoms. The summed E-state index contributed by atoms with van der Waals surface area (Å²) in [6.45, 7) is 0.916. The summed E-state index contributed by atoms with van der Waals surface area (Å²) < 4.78 is 0.981. The van der Waals surface area contributed by atoms with Gasteiger partial charge in [0.2, 0.25) is 5.91 Å². The third-order valence-corrected chi connectivity index (χ3v) is 6.32. The Morgan fingerprint density at radius 2 is 2.14 bits per heavy atom. The van der Waals surface area contributed by atoms with Crippen LogP contribution in [0.25, 0.3) is 0 Å². The van der Waals surface area contributed by atoms with Crippen LogP contribution in [0.3, 0.4) is 0 Å². The number of amides is 1. The van der Waals surface area contributed by atoms with Gasteiger partial charge in [-0.15, -0.1) is 0 Å². The van der Waals surface area contributed by atoms with Crippen LogP contribution in [0.1, 0.15) is 24.8 Å². The van der Waals surface area contributed by atoms with Gasteiger partial charge in [0.25, 0.3) is 0 Å². The molecule has 2 bridgehead atoms. The van der Waals surface area contributed by atoms with Gasteiger partial charge in [-0.05, 0) is 55.2 Å². The van der Waals surface area contributed by atoms with E-state index in [9.17, 15) is 4.79 Å². The van der Waals surface area contributed by atoms with Crippen molar-refractivity contribution in [3.05, 3.63) is 45.4 Å². The molecule has 4 rings (SSSR count). The molecule has 1 saturated carbocycles. The first-order valence-corrected chi connectivity index (χ1v) is 9.21. The van der Waals surface area contributed by atoms with Gasteiger partial charge in [0.1, 0.15) is 0 Å². The van der Waals surface area contributed by atoms with E-state index in [0.717, 1.165) is 34.4 Å². The van der Waals surface area contributed by atoms with E-state index in [1.54, 1.807) is 0 Å². The molecule has 1 aromatic carbocycles. The Morgan fingerprint density at radius 1 is 1.27 bits per heavy atom. The highest BCUT2D eigenvalue weighted by molar-refractivity contribution is 9.10. The van der Waals surface area contributed by atoms with Crippen LogP contribution >= 0.6 is 27.5 Å². The van der Waals surface area contributed by atoms with Crippen LogP contribution in [0.2, 0.25) is 5.02 Å². The molecule has 1 amide bonds. The van der Waals surface area contributed by atoms with E-state index in [2.05, 4.69) is 33.0 Å². The van der Waals surface area contributed by atoms with E-state index < -0.39 is 0 Å². The third kappa shape index (κ3) is 2.52. The molecule has 4 atom stereocenters. The van der Waals surface area contributed by atoms with Gasteiger partial charge in [-0.1, -0.05) is 45.7 Å². The standard InChI is InChI=1S/C18H19BrClNO/c19-15-4-3-12(16(20)10-15)9-14-5-6-21(18(14)22)17-8-11-1-2-13(17)7-11/h1-4,10-11,13-14,17H,5-9H2/t11-,13+,14?,17+/m1/s1. The van der Waals surface area contributed by atoms with Crippen molar-refractivity contribution in [3.63, 3.8) is 0 Å². The van der Waals surface area contributed by atoms with E-state index in [4.69, 9.17) is 11.6 Å². The van der Waals surface area contributed by atoms with Gasteiger partial charge in [-0.25, -0.2) is 0 Å². The lowest BCUT2D eigenvalue weighted by atomic mass is 9.97. The quantitative estimate of drug-likeness (QED) is 0.709. The van der Waals surface area contributed by atoms with Crippen molar-refractivity contribution in [1.82, 2.24) is 4.90 Å². The molecular weight excluding hydrogens is 362 g/mol. The van der Waals surface area contributed by atoms with Gasteiger partial charge in [0.05, 0.1) is 0 Å². The van der Waals surface area contributed by atoms with Crippen molar-refractivity contribution in [3.8, 4) is 0 Å². The number of likely N-dealkylation sites (tertiary alicyclic amines) is 1. The molecule has 22 heavy (non-hydrogen) atoms. The molecule has 116 valence electrons. The third-order valence-electron chi connectivity index (χ3n) is 5.48. The zero-order valence-electron chi connectivity index (χ0n) is 12.3. The molecule has 2 fully saturated rings. The number of rotatable bonds is 3. The second-order valence-corrected chi connectivity index (χ2v) is 8.13. The summed E-state index contributed by atoms with van der Waals surface area (Å²) in [4.78, 5) is 15.0. The van der Waals surface area contributed by atoms with Crippen molar-refractivity contribution in [2.75, 3.05) is 6.54 Å². The summed E-state index contributed by atoms with van der Waals surface area (Å²) in [5.74, 6) is 1.75. The maximum atomic E-state index is 12.8. The van der Waals surface area contributed by atoms with Crippen LogP contribution in [0.5, 0.6) is 0 Å². The van der Waals surface area contributed by atoms with Crippen LogP contribution < -0.4 is 0 Å². The molecule has 0 N–H and O–H groups in total. The molecular formula is C18H19BrClNO. The van der Waals surface area contributed by atoms with Crippen LogP contribution in [0, 0.1) is 17.8 Å². The lowest BCUT2D eigenvalue weighted by Gasteiger charge is -2.29. The summed E-state index contributed by atoms with van der Waals surface area (Å²) in [7, 11) is 0. The Morgan fingerprint density at radius 3 is 2.82 bits per heavy atom. The van der Waals surface area contributed by atoms with Crippen LogP contribution in [0.4, 0.5) is 0 Å². The normalized spacial score (nSPS) is 33.2. The van der Waals surface area contributed by atoms with E-state index in [-0.39, 0.29) is 5.92 Å². The van der Waals surface area contributed by atoms with Crippen LogP contribution in [0.15, 0.2) is 34.8 Å². The van der Waals surface area contributed by atoms with Crippen molar-refractivity contribution in [2.45, 2.75) is 31.7 Å². The minimum Gasteiger partial charge on any atom is -0.339 e. The van der Waals surface area contributed by atoms with Gasteiger partial charge in [0, 0.05) is 28.0 Å². The summed E-state index contributed by atoms with van der Waals surface area (Å²) in [6, 6.07) is 6.39. The maximum absolute atomic E-state index is 12.8. The number of hydrogen-bond donors (Lipinski definition) is 0. The van der Waals surface area contributed by atoms with E-state index >= 15 is 0 Å². The summed E-state index contributed by atoms with van der Waals surface area (Å²) in [5.41, 5.74) is 1.08. The topological polar surface area (TPSA) is 20.3 Å². The summed E-state index contributed by atoms with van der Waals surface area (Å²) >= 11 is 9.73. The van der Waals surface area contributed by atoms with Gasteiger partial charge in [-0.3, -0.25) is 4.79 Å². The summed E-state index contributed by atoms with van der Waals surface area (Å²) in [5, 5.41) is 0.753. The molecule has 0 radical (unpaired) electrons. The number of benzene rings is 1. The molecule has 1 unspecified atom stereocenters. The Hall–Kier alpha value is -0.800. The lowest BCUT2D eigenvalue weighted by molar-refractivity contribution is -0.133. The molecule has 0 aromatic heterocycles. The molecule has 2 aliphatic carbocycles. The Bertz CT molecular complexity index is 644. The number of hydrogen-bond acceptors (Lipinski definition) is 1. The number of halogens is 2. The largest absolute Gasteiger partial charge is 0.339 e. The molecule has 2 nitrogen and oxygen atoms in total. The average Bonchev–Trinajstić information content (AvgIpc) is 3.18. The van der Waals surface area contributed by atoms with Crippen molar-refractivity contribution in [2.24, 2.45) is 17.8 Å². The molecule has 3 aliphatic rings. The number of carbonyl (C=O) groups is 1. The second-order valence-electron chi connectivity index (χ2n) is 6.80.